The Kier molecular flexibility index (Phi) is 5.70. The Bertz CT molecular complexity index is 476. The molecule has 1 fully saturated rings. The van der Waals surface area contributed by atoms with Gasteiger partial charge in [0.25, 0.3) is 0 Å². The summed E-state index contributed by atoms with van der Waals surface area (Å²) in [5.74, 6) is 1.77. The zero-order valence-corrected chi connectivity index (χ0v) is 14.3. The fourth-order valence-electron chi connectivity index (χ4n) is 2.22. The molecule has 0 saturated carbocycles. The van der Waals surface area contributed by atoms with Crippen LogP contribution in [0.1, 0.15) is 40.2 Å². The normalized spacial score (nSPS) is 17.2. The molecule has 1 aromatic carbocycles. The summed E-state index contributed by atoms with van der Waals surface area (Å²) in [5.41, 5.74) is 0.959. The minimum atomic E-state index is -0.688. The molecule has 0 N–H and O–H groups in total. The zero-order valence-electron chi connectivity index (χ0n) is 14.3. The lowest BCUT2D eigenvalue weighted by molar-refractivity contribution is -0.149. The van der Waals surface area contributed by atoms with Crippen LogP contribution in [0.5, 0.6) is 11.5 Å². The highest BCUT2D eigenvalue weighted by molar-refractivity contribution is 5.44. The van der Waals surface area contributed by atoms with Crippen LogP contribution in [0.2, 0.25) is 0 Å². The van der Waals surface area contributed by atoms with Gasteiger partial charge in [-0.1, -0.05) is 27.7 Å². The van der Waals surface area contributed by atoms with Crippen LogP contribution in [-0.2, 0) is 15.3 Å². The topological polar surface area (TPSA) is 36.9 Å². The van der Waals surface area contributed by atoms with E-state index in [9.17, 15) is 0 Å². The van der Waals surface area contributed by atoms with Gasteiger partial charge in [0.05, 0.1) is 26.4 Å². The van der Waals surface area contributed by atoms with Crippen molar-refractivity contribution in [2.24, 2.45) is 11.8 Å². The summed E-state index contributed by atoms with van der Waals surface area (Å²) in [6.45, 7) is 13.0. The Balaban J connectivity index is 2.21. The number of ether oxygens (including phenoxy) is 4. The molecule has 0 aromatic heterocycles. The van der Waals surface area contributed by atoms with E-state index in [0.29, 0.717) is 38.3 Å². The van der Waals surface area contributed by atoms with Crippen LogP contribution in [0.3, 0.4) is 0 Å². The van der Waals surface area contributed by atoms with Crippen molar-refractivity contribution in [2.45, 2.75) is 40.4 Å². The van der Waals surface area contributed by atoms with Crippen molar-refractivity contribution in [3.63, 3.8) is 0 Å². The first-order valence-corrected chi connectivity index (χ1v) is 8.09. The van der Waals surface area contributed by atoms with Gasteiger partial charge < -0.3 is 18.9 Å². The molecule has 4 nitrogen and oxygen atoms in total. The highest BCUT2D eigenvalue weighted by atomic mass is 16.7. The van der Waals surface area contributed by atoms with Gasteiger partial charge in [-0.15, -0.1) is 0 Å². The largest absolute Gasteiger partial charge is 0.489 e. The van der Waals surface area contributed by atoms with Gasteiger partial charge in [-0.3, -0.25) is 0 Å². The number of benzene rings is 1. The van der Waals surface area contributed by atoms with Crippen LogP contribution in [0, 0.1) is 11.8 Å². The molecule has 1 aliphatic heterocycles. The van der Waals surface area contributed by atoms with Crippen molar-refractivity contribution >= 4 is 0 Å². The van der Waals surface area contributed by atoms with E-state index >= 15 is 0 Å². The van der Waals surface area contributed by atoms with E-state index in [1.807, 2.05) is 25.1 Å². The molecule has 2 rings (SSSR count). The van der Waals surface area contributed by atoms with Gasteiger partial charge in [0.1, 0.15) is 0 Å². The first-order valence-electron chi connectivity index (χ1n) is 8.09. The molecule has 124 valence electrons. The first kappa shape index (κ1) is 17.1. The minimum Gasteiger partial charge on any atom is -0.489 e. The van der Waals surface area contributed by atoms with Crippen LogP contribution in [0.4, 0.5) is 0 Å². The fraction of sp³-hybridized carbons (Fsp3) is 0.667. The van der Waals surface area contributed by atoms with Crippen molar-refractivity contribution in [1.82, 2.24) is 0 Å². The Morgan fingerprint density at radius 2 is 1.50 bits per heavy atom. The van der Waals surface area contributed by atoms with Gasteiger partial charge in [0.2, 0.25) is 0 Å². The van der Waals surface area contributed by atoms with Crippen molar-refractivity contribution in [3.05, 3.63) is 23.8 Å². The summed E-state index contributed by atoms with van der Waals surface area (Å²) in [6.07, 6.45) is 0. The average molecular weight is 308 g/mol. The molecule has 0 spiro atoms. The molecule has 0 aliphatic carbocycles. The van der Waals surface area contributed by atoms with E-state index in [1.165, 1.54) is 0 Å². The van der Waals surface area contributed by atoms with Crippen LogP contribution in [0.25, 0.3) is 0 Å². The molecule has 1 heterocycles. The summed E-state index contributed by atoms with van der Waals surface area (Å²) in [6, 6.07) is 5.91. The lowest BCUT2D eigenvalue weighted by Crippen LogP contribution is -2.22. The van der Waals surface area contributed by atoms with Gasteiger partial charge in [0.15, 0.2) is 17.3 Å². The molecule has 1 aliphatic rings. The third-order valence-electron chi connectivity index (χ3n) is 3.45. The molecule has 0 atom stereocenters. The van der Waals surface area contributed by atoms with E-state index in [-0.39, 0.29) is 0 Å². The third-order valence-corrected chi connectivity index (χ3v) is 3.45. The molecule has 0 radical (unpaired) electrons. The molecule has 22 heavy (non-hydrogen) atoms. The monoisotopic (exact) mass is 308 g/mol. The van der Waals surface area contributed by atoms with Gasteiger partial charge >= 0.3 is 0 Å². The van der Waals surface area contributed by atoms with Crippen molar-refractivity contribution in [3.8, 4) is 11.5 Å². The van der Waals surface area contributed by atoms with Crippen LogP contribution in [0.15, 0.2) is 18.2 Å². The molecule has 0 bridgehead atoms. The Hall–Kier alpha value is -1.26. The maximum absolute atomic E-state index is 5.94. The minimum absolute atomic E-state index is 0.455. The first-order chi connectivity index (χ1) is 10.4. The molecular weight excluding hydrogens is 280 g/mol. The van der Waals surface area contributed by atoms with Gasteiger partial charge in [-0.05, 0) is 37.0 Å². The highest BCUT2D eigenvalue weighted by Gasteiger charge is 2.33. The Morgan fingerprint density at radius 3 is 2.05 bits per heavy atom. The standard InChI is InChI=1S/C18H28O4/c1-13(2)11-19-16-7-6-15(18(5)21-8-9-22-18)10-17(16)20-12-14(3)4/h6-7,10,13-14H,8-9,11-12H2,1-5H3. The summed E-state index contributed by atoms with van der Waals surface area (Å²) in [4.78, 5) is 0. The van der Waals surface area contributed by atoms with E-state index in [2.05, 4.69) is 27.7 Å². The predicted octanol–water partition coefficient (Wildman–Crippen LogP) is 3.98. The maximum atomic E-state index is 5.94. The second-order valence-electron chi connectivity index (χ2n) is 6.71. The highest BCUT2D eigenvalue weighted by Crippen LogP contribution is 2.37. The second-order valence-corrected chi connectivity index (χ2v) is 6.71. The van der Waals surface area contributed by atoms with E-state index in [1.54, 1.807) is 0 Å². The Morgan fingerprint density at radius 1 is 0.955 bits per heavy atom. The van der Waals surface area contributed by atoms with Gasteiger partial charge in [-0.25, -0.2) is 0 Å². The smallest absolute Gasteiger partial charge is 0.192 e. The van der Waals surface area contributed by atoms with E-state index < -0.39 is 5.79 Å². The molecule has 0 amide bonds. The summed E-state index contributed by atoms with van der Waals surface area (Å²) >= 11 is 0. The molecule has 0 unspecified atom stereocenters. The summed E-state index contributed by atoms with van der Waals surface area (Å²) < 4.78 is 23.3. The second kappa shape index (κ2) is 7.34. The SMILES string of the molecule is CC(C)COc1ccc(C2(C)OCCO2)cc1OCC(C)C. The van der Waals surface area contributed by atoms with E-state index in [0.717, 1.165) is 17.1 Å². The molecule has 1 aromatic rings. The lowest BCUT2D eigenvalue weighted by Gasteiger charge is -2.24. The molecule has 4 heteroatoms. The van der Waals surface area contributed by atoms with Gasteiger partial charge in [-0.2, -0.15) is 0 Å². The lowest BCUT2D eigenvalue weighted by atomic mass is 10.1. The summed E-state index contributed by atoms with van der Waals surface area (Å²) in [7, 11) is 0. The van der Waals surface area contributed by atoms with E-state index in [4.69, 9.17) is 18.9 Å². The average Bonchev–Trinajstić information content (AvgIpc) is 2.91. The van der Waals surface area contributed by atoms with Crippen LogP contribution < -0.4 is 9.47 Å². The molecular formula is C18H28O4. The zero-order chi connectivity index (χ0) is 16.2. The quantitative estimate of drug-likeness (QED) is 0.763. The third kappa shape index (κ3) is 4.37. The predicted molar refractivity (Wildman–Crippen MR) is 86.4 cm³/mol. The van der Waals surface area contributed by atoms with Gasteiger partial charge in [0, 0.05) is 5.56 Å². The van der Waals surface area contributed by atoms with Crippen molar-refractivity contribution in [2.75, 3.05) is 26.4 Å². The van der Waals surface area contributed by atoms with Crippen LogP contribution >= 0.6 is 0 Å². The van der Waals surface area contributed by atoms with Crippen molar-refractivity contribution in [1.29, 1.82) is 0 Å². The number of hydrogen-bond donors (Lipinski definition) is 0. The number of hydrogen-bond acceptors (Lipinski definition) is 4. The Labute approximate surface area is 133 Å². The molecule has 1 saturated heterocycles. The summed E-state index contributed by atoms with van der Waals surface area (Å²) in [5, 5.41) is 0. The maximum Gasteiger partial charge on any atom is 0.192 e. The number of rotatable bonds is 7. The van der Waals surface area contributed by atoms with Crippen molar-refractivity contribution < 1.29 is 18.9 Å². The van der Waals surface area contributed by atoms with Crippen LogP contribution in [-0.4, -0.2) is 26.4 Å². The fourth-order valence-corrected chi connectivity index (χ4v) is 2.22.